The normalized spacial score (nSPS) is 10.3. The van der Waals surface area contributed by atoms with E-state index >= 15 is 0 Å². The second-order valence-corrected chi connectivity index (χ2v) is 12.2. The van der Waals surface area contributed by atoms with Gasteiger partial charge in [0.1, 0.15) is 0 Å². The number of carbonyl (C=O) groups is 2. The average molecular weight is 844 g/mol. The van der Waals surface area contributed by atoms with Crippen LogP contribution in [0.1, 0.15) is 219 Å². The molecule has 0 fully saturated rings. The molecule has 2 radical (unpaired) electrons. The van der Waals surface area contributed by atoms with Crippen molar-refractivity contribution in [3.8, 4) is 0 Å². The van der Waals surface area contributed by atoms with Gasteiger partial charge in [-0.3, -0.25) is 9.59 Å². The third-order valence-corrected chi connectivity index (χ3v) is 7.99. The second kappa shape index (κ2) is 45.9. The van der Waals surface area contributed by atoms with E-state index in [9.17, 15) is 9.59 Å². The van der Waals surface area contributed by atoms with E-state index in [4.69, 9.17) is 10.2 Å². The number of hydrogen-bond acceptors (Lipinski definition) is 2. The standard InChI is InChI=1S/2C18H36O2.Pb.Zn.2H/c2*1-2-3-4-5-6-7-8-9-10-11-12-13-14-15-16-17-18(19)20;;;;/h2*2-17H2,1H3,(H,19,20);;;;. The van der Waals surface area contributed by atoms with Crippen molar-refractivity contribution in [1.82, 2.24) is 0 Å². The molecule has 0 spiro atoms. The third kappa shape index (κ3) is 53.1. The predicted molar refractivity (Wildman–Crippen MR) is 183 cm³/mol. The second-order valence-electron chi connectivity index (χ2n) is 12.2. The summed E-state index contributed by atoms with van der Waals surface area (Å²) in [6.07, 6.45) is 40.4. The molecular formula is C36H74O4PbZn. The van der Waals surface area contributed by atoms with Crippen LogP contribution in [0.2, 0.25) is 0 Å². The van der Waals surface area contributed by atoms with Crippen molar-refractivity contribution in [3.63, 3.8) is 0 Å². The molecule has 0 saturated carbocycles. The van der Waals surface area contributed by atoms with Crippen molar-refractivity contribution in [1.29, 1.82) is 0 Å². The number of carboxylic acids is 2. The first-order valence-electron chi connectivity index (χ1n) is 18.0. The molecule has 4 nitrogen and oxygen atoms in total. The fourth-order valence-electron chi connectivity index (χ4n) is 5.30. The summed E-state index contributed by atoms with van der Waals surface area (Å²) in [7, 11) is 0. The Labute approximate surface area is 296 Å². The first-order valence-corrected chi connectivity index (χ1v) is 18.0. The Morgan fingerprint density at radius 2 is 0.476 bits per heavy atom. The molecule has 0 aromatic carbocycles. The quantitative estimate of drug-likeness (QED) is 0.0523. The molecule has 0 unspecified atom stereocenters. The monoisotopic (exact) mass is 842 g/mol. The Morgan fingerprint density at radius 3 is 0.619 bits per heavy atom. The van der Waals surface area contributed by atoms with Crippen LogP contribution in [0.3, 0.4) is 0 Å². The third-order valence-electron chi connectivity index (χ3n) is 7.99. The minimum atomic E-state index is -0.653. The van der Waals surface area contributed by atoms with E-state index in [0.717, 1.165) is 25.7 Å². The first kappa shape index (κ1) is 49.4. The molecule has 0 bridgehead atoms. The van der Waals surface area contributed by atoms with Gasteiger partial charge in [0, 0.05) is 32.3 Å². The summed E-state index contributed by atoms with van der Waals surface area (Å²) in [4.78, 5) is 20.7. The molecule has 248 valence electrons. The van der Waals surface area contributed by atoms with E-state index in [0.29, 0.717) is 12.8 Å². The van der Waals surface area contributed by atoms with Crippen molar-refractivity contribution in [3.05, 3.63) is 0 Å². The smallest absolute Gasteiger partial charge is 0 e. The van der Waals surface area contributed by atoms with E-state index in [1.807, 2.05) is 0 Å². The summed E-state index contributed by atoms with van der Waals surface area (Å²) >= 11 is 0. The van der Waals surface area contributed by atoms with Crippen LogP contribution in [0, 0.1) is 0 Å². The van der Waals surface area contributed by atoms with Crippen LogP contribution in [0.5, 0.6) is 0 Å². The van der Waals surface area contributed by atoms with Gasteiger partial charge in [-0.05, 0) is 12.8 Å². The van der Waals surface area contributed by atoms with Crippen LogP contribution < -0.4 is 0 Å². The molecule has 42 heavy (non-hydrogen) atoms. The Bertz CT molecular complexity index is 461. The summed E-state index contributed by atoms with van der Waals surface area (Å²) in [6.45, 7) is 4.54. The van der Waals surface area contributed by atoms with Crippen molar-refractivity contribution in [2.24, 2.45) is 0 Å². The molecule has 0 amide bonds. The zero-order valence-corrected chi connectivity index (χ0v) is 37.2. The first-order chi connectivity index (χ1) is 19.5. The Balaban J connectivity index is -0.000000328. The van der Waals surface area contributed by atoms with Gasteiger partial charge in [-0.15, -0.1) is 0 Å². The fraction of sp³-hybridized carbons (Fsp3) is 0.944. The van der Waals surface area contributed by atoms with E-state index in [1.54, 1.807) is 0 Å². The molecule has 0 aliphatic heterocycles. The topological polar surface area (TPSA) is 74.6 Å². The molecule has 0 aromatic heterocycles. The number of carboxylic acid groups (broad SMARTS) is 2. The SMILES string of the molecule is CCCCCCCCCCCCCCCCCC(=O)O.CCCCCCCCCCCCCCCCCC(=O)O.[PbH2].[Zn]. The van der Waals surface area contributed by atoms with Gasteiger partial charge in [-0.1, -0.05) is 194 Å². The van der Waals surface area contributed by atoms with E-state index in [1.165, 1.54) is 167 Å². The molecule has 6 heteroatoms. The Kier molecular flexibility index (Phi) is 54.0. The van der Waals surface area contributed by atoms with Gasteiger partial charge in [0.05, 0.1) is 0 Å². The molecule has 0 heterocycles. The summed E-state index contributed by atoms with van der Waals surface area (Å²) in [5.74, 6) is -1.31. The molecule has 2 N–H and O–H groups in total. The minimum Gasteiger partial charge on any atom is 0 e. The molecule has 0 atom stereocenters. The summed E-state index contributed by atoms with van der Waals surface area (Å²) < 4.78 is 0. The predicted octanol–water partition coefficient (Wildman–Crippen LogP) is 11.7. The van der Waals surface area contributed by atoms with Gasteiger partial charge in [0.25, 0.3) is 0 Å². The molecule has 0 aliphatic carbocycles. The fourth-order valence-corrected chi connectivity index (χ4v) is 5.30. The number of hydrogen-bond donors (Lipinski definition) is 2. The maximum Gasteiger partial charge on any atom is 0 e. The van der Waals surface area contributed by atoms with Crippen LogP contribution in [0.25, 0.3) is 0 Å². The molecule has 0 saturated heterocycles. The van der Waals surface area contributed by atoms with Crippen molar-refractivity contribution in [2.45, 2.75) is 219 Å². The molecule has 0 aromatic rings. The average Bonchev–Trinajstić information content (AvgIpc) is 2.93. The zero-order valence-electron chi connectivity index (χ0n) is 28.8. The number of unbranched alkanes of at least 4 members (excludes halogenated alkanes) is 28. The Hall–Kier alpha value is 0.485. The van der Waals surface area contributed by atoms with E-state index < -0.39 is 11.9 Å². The summed E-state index contributed by atoms with van der Waals surface area (Å²) in [6, 6.07) is 0. The summed E-state index contributed by atoms with van der Waals surface area (Å²) in [5, 5.41) is 17.0. The molecule has 0 aliphatic rings. The maximum atomic E-state index is 10.3. The number of aliphatic carboxylic acids is 2. The van der Waals surface area contributed by atoms with Gasteiger partial charge in [0.2, 0.25) is 0 Å². The minimum absolute atomic E-state index is 0. The van der Waals surface area contributed by atoms with Gasteiger partial charge >= 0.3 is 39.2 Å². The van der Waals surface area contributed by atoms with Crippen LogP contribution in [-0.4, -0.2) is 49.5 Å². The van der Waals surface area contributed by atoms with Crippen molar-refractivity contribution >= 4 is 39.2 Å². The molecule has 0 rings (SSSR count). The van der Waals surface area contributed by atoms with Crippen LogP contribution in [0.15, 0.2) is 0 Å². The van der Waals surface area contributed by atoms with Crippen molar-refractivity contribution in [2.75, 3.05) is 0 Å². The van der Waals surface area contributed by atoms with Crippen LogP contribution in [-0.2, 0) is 29.1 Å². The van der Waals surface area contributed by atoms with Crippen LogP contribution >= 0.6 is 0 Å². The molecular weight excluding hydrogens is 769 g/mol. The zero-order chi connectivity index (χ0) is 29.8. The van der Waals surface area contributed by atoms with E-state index in [2.05, 4.69) is 13.8 Å². The Morgan fingerprint density at radius 1 is 0.333 bits per heavy atom. The van der Waals surface area contributed by atoms with Gasteiger partial charge in [-0.25, -0.2) is 0 Å². The van der Waals surface area contributed by atoms with Gasteiger partial charge in [-0.2, -0.15) is 0 Å². The van der Waals surface area contributed by atoms with Crippen LogP contribution in [0.4, 0.5) is 0 Å². The van der Waals surface area contributed by atoms with Gasteiger partial charge in [0.15, 0.2) is 0 Å². The maximum absolute atomic E-state index is 10.3. The largest absolute Gasteiger partial charge is 0 e. The van der Waals surface area contributed by atoms with Gasteiger partial charge < -0.3 is 10.2 Å². The number of rotatable bonds is 32. The van der Waals surface area contributed by atoms with Crippen molar-refractivity contribution < 1.29 is 39.3 Å². The summed E-state index contributed by atoms with van der Waals surface area (Å²) in [5.41, 5.74) is 0. The van der Waals surface area contributed by atoms with E-state index in [-0.39, 0.29) is 46.8 Å².